The van der Waals surface area contributed by atoms with Gasteiger partial charge in [-0.2, -0.15) is 5.10 Å². The molecule has 1 atom stereocenters. The van der Waals surface area contributed by atoms with Crippen LogP contribution in [-0.4, -0.2) is 15.8 Å². The average Bonchev–Trinajstić information content (AvgIpc) is 2.62. The highest BCUT2D eigenvalue weighted by molar-refractivity contribution is 6.31. The molecule has 0 amide bonds. The van der Waals surface area contributed by atoms with Crippen LogP contribution >= 0.6 is 11.6 Å². The van der Waals surface area contributed by atoms with Gasteiger partial charge in [0.1, 0.15) is 0 Å². The number of hydrogen-bond acceptors (Lipinski definition) is 2. The van der Waals surface area contributed by atoms with E-state index < -0.39 is 0 Å². The summed E-state index contributed by atoms with van der Waals surface area (Å²) in [6.45, 7) is 7.15. The number of aryl methyl sites for hydroxylation is 2. The third kappa shape index (κ3) is 2.98. The van der Waals surface area contributed by atoms with Crippen molar-refractivity contribution in [1.29, 1.82) is 0 Å². The van der Waals surface area contributed by atoms with Crippen LogP contribution < -0.4 is 5.73 Å². The zero-order chi connectivity index (χ0) is 12.1. The topological polar surface area (TPSA) is 43.8 Å². The van der Waals surface area contributed by atoms with Crippen molar-refractivity contribution in [2.24, 2.45) is 5.73 Å². The maximum atomic E-state index is 6.31. The molecule has 16 heavy (non-hydrogen) atoms. The number of rotatable bonds is 6. The molecule has 1 heterocycles. The van der Waals surface area contributed by atoms with E-state index in [-0.39, 0.29) is 6.04 Å². The van der Waals surface area contributed by atoms with Gasteiger partial charge in [-0.3, -0.25) is 4.68 Å². The van der Waals surface area contributed by atoms with E-state index in [0.717, 1.165) is 48.6 Å². The van der Waals surface area contributed by atoms with Crippen LogP contribution in [0, 0.1) is 0 Å². The molecular formula is C12H22ClN3. The Balaban J connectivity index is 2.80. The molecule has 0 fully saturated rings. The SMILES string of the molecule is CCc1nn(CC)c(CCC(N)CC)c1Cl. The van der Waals surface area contributed by atoms with Gasteiger partial charge in [0.05, 0.1) is 16.4 Å². The van der Waals surface area contributed by atoms with Gasteiger partial charge in [-0.15, -0.1) is 0 Å². The summed E-state index contributed by atoms with van der Waals surface area (Å²) < 4.78 is 2.00. The molecule has 1 aromatic rings. The summed E-state index contributed by atoms with van der Waals surface area (Å²) in [4.78, 5) is 0. The van der Waals surface area contributed by atoms with Gasteiger partial charge in [0.2, 0.25) is 0 Å². The van der Waals surface area contributed by atoms with Gasteiger partial charge in [0.25, 0.3) is 0 Å². The van der Waals surface area contributed by atoms with Gasteiger partial charge in [0, 0.05) is 12.6 Å². The van der Waals surface area contributed by atoms with Crippen molar-refractivity contribution in [3.8, 4) is 0 Å². The van der Waals surface area contributed by atoms with Gasteiger partial charge in [0.15, 0.2) is 0 Å². The van der Waals surface area contributed by atoms with Gasteiger partial charge in [-0.1, -0.05) is 25.4 Å². The molecule has 0 bridgehead atoms. The molecule has 0 saturated heterocycles. The average molecular weight is 244 g/mol. The summed E-state index contributed by atoms with van der Waals surface area (Å²) in [5, 5.41) is 5.33. The van der Waals surface area contributed by atoms with Crippen LogP contribution in [0.5, 0.6) is 0 Å². The van der Waals surface area contributed by atoms with Crippen LogP contribution in [0.1, 0.15) is 45.0 Å². The summed E-state index contributed by atoms with van der Waals surface area (Å²) in [6.07, 6.45) is 3.80. The molecule has 1 rings (SSSR count). The molecule has 0 aromatic carbocycles. The molecule has 0 aliphatic heterocycles. The van der Waals surface area contributed by atoms with Gasteiger partial charge < -0.3 is 5.73 Å². The molecule has 0 radical (unpaired) electrons. The van der Waals surface area contributed by atoms with E-state index in [0.29, 0.717) is 0 Å². The smallest absolute Gasteiger partial charge is 0.0849 e. The van der Waals surface area contributed by atoms with E-state index in [1.54, 1.807) is 0 Å². The van der Waals surface area contributed by atoms with Gasteiger partial charge >= 0.3 is 0 Å². The first-order valence-corrected chi connectivity index (χ1v) is 6.51. The zero-order valence-corrected chi connectivity index (χ0v) is 11.2. The number of hydrogen-bond donors (Lipinski definition) is 1. The second-order valence-corrected chi connectivity index (χ2v) is 4.46. The van der Waals surface area contributed by atoms with Crippen LogP contribution in [0.2, 0.25) is 5.02 Å². The predicted octanol–water partition coefficient (Wildman–Crippen LogP) is 2.79. The van der Waals surface area contributed by atoms with Gasteiger partial charge in [-0.05, 0) is 32.6 Å². The molecule has 1 unspecified atom stereocenters. The van der Waals surface area contributed by atoms with Crippen molar-refractivity contribution in [2.75, 3.05) is 0 Å². The fraction of sp³-hybridized carbons (Fsp3) is 0.750. The fourth-order valence-corrected chi connectivity index (χ4v) is 2.15. The lowest BCUT2D eigenvalue weighted by Crippen LogP contribution is -2.20. The van der Waals surface area contributed by atoms with Gasteiger partial charge in [-0.25, -0.2) is 0 Å². The Labute approximate surface area is 103 Å². The first-order valence-electron chi connectivity index (χ1n) is 6.13. The first-order chi connectivity index (χ1) is 7.63. The monoisotopic (exact) mass is 243 g/mol. The van der Waals surface area contributed by atoms with Crippen LogP contribution in [0.25, 0.3) is 0 Å². The lowest BCUT2D eigenvalue weighted by molar-refractivity contribution is 0.556. The Morgan fingerprint density at radius 1 is 1.38 bits per heavy atom. The van der Waals surface area contributed by atoms with Crippen LogP contribution in [0.4, 0.5) is 0 Å². The van der Waals surface area contributed by atoms with Crippen molar-refractivity contribution < 1.29 is 0 Å². The molecule has 0 aliphatic rings. The maximum Gasteiger partial charge on any atom is 0.0849 e. The summed E-state index contributed by atoms with van der Waals surface area (Å²) in [7, 11) is 0. The van der Waals surface area contributed by atoms with Crippen molar-refractivity contribution >= 4 is 11.6 Å². The van der Waals surface area contributed by atoms with Crippen molar-refractivity contribution in [3.63, 3.8) is 0 Å². The van der Waals surface area contributed by atoms with E-state index in [1.807, 2.05) is 4.68 Å². The van der Waals surface area contributed by atoms with E-state index in [9.17, 15) is 0 Å². The minimum Gasteiger partial charge on any atom is -0.328 e. The second kappa shape index (κ2) is 6.26. The summed E-state index contributed by atoms with van der Waals surface area (Å²) in [5.74, 6) is 0. The minimum atomic E-state index is 0.265. The molecule has 92 valence electrons. The summed E-state index contributed by atoms with van der Waals surface area (Å²) >= 11 is 6.31. The third-order valence-electron chi connectivity index (χ3n) is 2.97. The van der Waals surface area contributed by atoms with E-state index >= 15 is 0 Å². The third-order valence-corrected chi connectivity index (χ3v) is 3.41. The predicted molar refractivity (Wildman–Crippen MR) is 68.9 cm³/mol. The van der Waals surface area contributed by atoms with Crippen LogP contribution in [-0.2, 0) is 19.4 Å². The second-order valence-electron chi connectivity index (χ2n) is 4.08. The zero-order valence-electron chi connectivity index (χ0n) is 10.5. The molecule has 0 spiro atoms. The highest BCUT2D eigenvalue weighted by atomic mass is 35.5. The Bertz CT molecular complexity index is 333. The molecule has 0 aliphatic carbocycles. The standard InChI is InChI=1S/C12H22ClN3/c1-4-9(14)7-8-11-12(13)10(5-2)15-16(11)6-3/h9H,4-8,14H2,1-3H3. The number of nitrogens with two attached hydrogens (primary N) is 1. The first kappa shape index (κ1) is 13.5. The van der Waals surface area contributed by atoms with E-state index in [1.165, 1.54) is 0 Å². The number of aromatic nitrogens is 2. The van der Waals surface area contributed by atoms with Crippen molar-refractivity contribution in [3.05, 3.63) is 16.4 Å². The lowest BCUT2D eigenvalue weighted by atomic mass is 10.1. The van der Waals surface area contributed by atoms with Crippen LogP contribution in [0.3, 0.4) is 0 Å². The highest BCUT2D eigenvalue weighted by Gasteiger charge is 2.14. The Morgan fingerprint density at radius 2 is 2.06 bits per heavy atom. The molecular weight excluding hydrogens is 222 g/mol. The number of nitrogens with zero attached hydrogens (tertiary/aromatic N) is 2. The Kier molecular flexibility index (Phi) is 5.29. The lowest BCUT2D eigenvalue weighted by Gasteiger charge is -2.09. The molecule has 0 saturated carbocycles. The van der Waals surface area contributed by atoms with Crippen molar-refractivity contribution in [2.45, 2.75) is 59.0 Å². The summed E-state index contributed by atoms with van der Waals surface area (Å²) in [5.41, 5.74) is 8.08. The fourth-order valence-electron chi connectivity index (χ4n) is 1.78. The number of halogens is 1. The largest absolute Gasteiger partial charge is 0.328 e. The van der Waals surface area contributed by atoms with Crippen molar-refractivity contribution in [1.82, 2.24) is 9.78 Å². The molecule has 1 aromatic heterocycles. The summed E-state index contributed by atoms with van der Waals surface area (Å²) in [6, 6.07) is 0.265. The maximum absolute atomic E-state index is 6.31. The molecule has 3 nitrogen and oxygen atoms in total. The van der Waals surface area contributed by atoms with E-state index in [2.05, 4.69) is 25.9 Å². The Morgan fingerprint density at radius 3 is 2.56 bits per heavy atom. The molecule has 4 heteroatoms. The van der Waals surface area contributed by atoms with Crippen LogP contribution in [0.15, 0.2) is 0 Å². The molecule has 2 N–H and O–H groups in total. The minimum absolute atomic E-state index is 0.265. The normalized spacial score (nSPS) is 13.1. The quantitative estimate of drug-likeness (QED) is 0.835. The Hall–Kier alpha value is -0.540. The highest BCUT2D eigenvalue weighted by Crippen LogP contribution is 2.23. The van der Waals surface area contributed by atoms with E-state index in [4.69, 9.17) is 17.3 Å².